The second-order valence-corrected chi connectivity index (χ2v) is 14.7. The van der Waals surface area contributed by atoms with E-state index in [9.17, 15) is 4.79 Å². The molecule has 0 spiro atoms. The van der Waals surface area contributed by atoms with Crippen LogP contribution < -0.4 is 4.90 Å². The average Bonchev–Trinajstić information content (AvgIpc) is 3.76. The number of hydrogen-bond donors (Lipinski definition) is 1. The maximum Gasteiger partial charge on any atom is 0.160 e. The van der Waals surface area contributed by atoms with Crippen LogP contribution in [0.1, 0.15) is 61.0 Å². The fourth-order valence-corrected chi connectivity index (χ4v) is 9.52. The summed E-state index contributed by atoms with van der Waals surface area (Å²) < 4.78 is 1.19. The van der Waals surface area contributed by atoms with E-state index in [1.807, 2.05) is 23.5 Å². The molecule has 1 unspecified atom stereocenters. The Kier molecular flexibility index (Phi) is 9.29. The van der Waals surface area contributed by atoms with Crippen LogP contribution in [-0.2, 0) is 6.42 Å². The second kappa shape index (κ2) is 12.7. The molecule has 0 aliphatic heterocycles. The summed E-state index contributed by atoms with van der Waals surface area (Å²) in [5.41, 5.74) is 3.33. The van der Waals surface area contributed by atoms with Gasteiger partial charge in [0, 0.05) is 43.6 Å². The Morgan fingerprint density at radius 1 is 0.949 bits per heavy atom. The van der Waals surface area contributed by atoms with Gasteiger partial charge in [0.1, 0.15) is 5.01 Å². The first kappa shape index (κ1) is 28.6. The Balaban J connectivity index is 1.55. The molecule has 4 aromatic heterocycles. The molecule has 1 aromatic carbocycles. The maximum atomic E-state index is 11.2. The zero-order chi connectivity index (χ0) is 27.5. The van der Waals surface area contributed by atoms with Gasteiger partial charge in [-0.15, -0.1) is 58.0 Å². The van der Waals surface area contributed by atoms with Crippen LogP contribution in [0, 0.1) is 5.92 Å². The Hall–Kier alpha value is -1.97. The van der Waals surface area contributed by atoms with Gasteiger partial charge in [0.05, 0.1) is 25.7 Å². The van der Waals surface area contributed by atoms with Crippen LogP contribution in [-0.4, -0.2) is 24.9 Å². The molecule has 0 radical (unpaired) electrons. The minimum Gasteiger partial charge on any atom is -0.374 e. The summed E-state index contributed by atoms with van der Waals surface area (Å²) in [6.45, 7) is 7.68. The van der Waals surface area contributed by atoms with Crippen LogP contribution >= 0.6 is 58.0 Å². The van der Waals surface area contributed by atoms with Gasteiger partial charge in [-0.25, -0.2) is 4.98 Å². The summed E-state index contributed by atoms with van der Waals surface area (Å²) in [7, 11) is 2.13. The van der Waals surface area contributed by atoms with E-state index in [4.69, 9.17) is 17.6 Å². The number of anilines is 1. The first-order chi connectivity index (χ1) is 18.9. The zero-order valence-corrected chi connectivity index (χ0v) is 27.0. The van der Waals surface area contributed by atoms with Crippen molar-refractivity contribution in [2.24, 2.45) is 5.92 Å². The lowest BCUT2D eigenvalue weighted by atomic mass is 9.95. The highest BCUT2D eigenvalue weighted by atomic mass is 32.1. The van der Waals surface area contributed by atoms with Gasteiger partial charge in [-0.05, 0) is 61.7 Å². The summed E-state index contributed by atoms with van der Waals surface area (Å²) in [4.78, 5) is 26.5. The van der Waals surface area contributed by atoms with E-state index >= 15 is 0 Å². The maximum absolute atomic E-state index is 11.2. The molecule has 1 atom stereocenters. The van der Waals surface area contributed by atoms with Crippen molar-refractivity contribution in [1.82, 2.24) is 4.98 Å². The van der Waals surface area contributed by atoms with Crippen LogP contribution in [0.5, 0.6) is 0 Å². The van der Waals surface area contributed by atoms with E-state index in [0.717, 1.165) is 66.5 Å². The van der Waals surface area contributed by atoms with E-state index < -0.39 is 0 Å². The Labute approximate surface area is 253 Å². The van der Waals surface area contributed by atoms with E-state index in [-0.39, 0.29) is 0 Å². The molecule has 0 saturated carbocycles. The van der Waals surface area contributed by atoms with Crippen LogP contribution in [0.15, 0.2) is 47.4 Å². The van der Waals surface area contributed by atoms with Crippen LogP contribution in [0.4, 0.5) is 5.69 Å². The molecular formula is C31H34N2OS5. The Morgan fingerprint density at radius 3 is 2.41 bits per heavy atom. The molecule has 5 rings (SSSR count). The molecule has 0 aliphatic carbocycles. The monoisotopic (exact) mass is 610 g/mol. The summed E-state index contributed by atoms with van der Waals surface area (Å²) in [6, 6.07) is 15.1. The average molecular weight is 611 g/mol. The zero-order valence-electron chi connectivity index (χ0n) is 22.8. The number of unbranched alkanes of at least 4 members (excludes halogenated alkanes) is 1. The largest absolute Gasteiger partial charge is 0.374 e. The van der Waals surface area contributed by atoms with Crippen molar-refractivity contribution in [2.45, 2.75) is 57.8 Å². The van der Waals surface area contributed by atoms with Crippen molar-refractivity contribution in [3.05, 3.63) is 52.2 Å². The van der Waals surface area contributed by atoms with Crippen LogP contribution in [0.25, 0.3) is 40.3 Å². The van der Waals surface area contributed by atoms with Gasteiger partial charge in [0.25, 0.3) is 0 Å². The van der Waals surface area contributed by atoms with Gasteiger partial charge in [-0.2, -0.15) is 0 Å². The molecule has 0 aliphatic rings. The predicted molar refractivity (Wildman–Crippen MR) is 178 cm³/mol. The first-order valence-electron chi connectivity index (χ1n) is 13.6. The second-order valence-electron chi connectivity index (χ2n) is 9.87. The number of hydrogen-bond acceptors (Lipinski definition) is 8. The summed E-state index contributed by atoms with van der Waals surface area (Å²) in [5, 5.41) is 1.03. The number of aromatic nitrogens is 1. The number of carbonyl (C=O) groups is 1. The van der Waals surface area contributed by atoms with E-state index in [1.165, 1.54) is 56.4 Å². The number of thiol groups is 1. The Bertz CT molecular complexity index is 1570. The summed E-state index contributed by atoms with van der Waals surface area (Å²) in [5.74, 6) is 0.745. The van der Waals surface area contributed by atoms with Gasteiger partial charge in [0.2, 0.25) is 0 Å². The third kappa shape index (κ3) is 6.05. The summed E-state index contributed by atoms with van der Waals surface area (Å²) >= 11 is 12.0. The van der Waals surface area contributed by atoms with Gasteiger partial charge in [-0.3, -0.25) is 4.79 Å². The highest BCUT2D eigenvalue weighted by molar-refractivity contribution is 7.80. The third-order valence-electron chi connectivity index (χ3n) is 7.27. The van der Waals surface area contributed by atoms with Gasteiger partial charge in [0.15, 0.2) is 6.29 Å². The van der Waals surface area contributed by atoms with Crippen molar-refractivity contribution in [3.63, 3.8) is 0 Å². The fourth-order valence-electron chi connectivity index (χ4n) is 4.83. The molecular weight excluding hydrogens is 577 g/mol. The molecule has 5 aromatic rings. The predicted octanol–water partition coefficient (Wildman–Crippen LogP) is 10.8. The lowest BCUT2D eigenvalue weighted by Crippen LogP contribution is -2.16. The number of aldehydes is 1. The fraction of sp³-hybridized carbons (Fsp3) is 0.355. The minimum absolute atomic E-state index is 0.745. The molecule has 39 heavy (non-hydrogen) atoms. The third-order valence-corrected chi connectivity index (χ3v) is 12.3. The van der Waals surface area contributed by atoms with Gasteiger partial charge < -0.3 is 4.90 Å². The minimum atomic E-state index is 0.745. The summed E-state index contributed by atoms with van der Waals surface area (Å²) in [6.07, 6.45) is 7.17. The number of carbonyl (C=O) groups excluding carboxylic acids is 1. The molecule has 204 valence electrons. The first-order valence-corrected chi connectivity index (χ1v) is 17.3. The quantitative estimate of drug-likeness (QED) is 0.113. The van der Waals surface area contributed by atoms with Crippen LogP contribution in [0.2, 0.25) is 0 Å². The topological polar surface area (TPSA) is 33.2 Å². The van der Waals surface area contributed by atoms with Gasteiger partial charge >= 0.3 is 0 Å². The van der Waals surface area contributed by atoms with Crippen molar-refractivity contribution in [2.75, 3.05) is 18.5 Å². The molecule has 0 fully saturated rings. The Morgan fingerprint density at radius 2 is 1.69 bits per heavy atom. The molecule has 0 N–H and O–H groups in total. The molecule has 0 bridgehead atoms. The SMILES string of the molecule is CCCCC(CC)Cc1ccc(-c2c(S)c(N(C)CC)cc3sc(-c4ccc(-c5ccc(C=O)s5)s4)nc23)s1. The van der Waals surface area contributed by atoms with Gasteiger partial charge in [-0.1, -0.05) is 39.5 Å². The van der Waals surface area contributed by atoms with Crippen molar-refractivity contribution in [1.29, 1.82) is 0 Å². The number of nitrogens with zero attached hydrogens (tertiary/aromatic N) is 2. The van der Waals surface area contributed by atoms with E-state index in [1.54, 1.807) is 22.7 Å². The molecule has 8 heteroatoms. The number of rotatable bonds is 12. The van der Waals surface area contributed by atoms with E-state index in [2.05, 4.69) is 63.1 Å². The molecule has 0 saturated heterocycles. The van der Waals surface area contributed by atoms with Crippen molar-refractivity contribution >= 4 is 80.2 Å². The lowest BCUT2D eigenvalue weighted by molar-refractivity contribution is 0.112. The lowest BCUT2D eigenvalue weighted by Gasteiger charge is -2.21. The van der Waals surface area contributed by atoms with Crippen molar-refractivity contribution < 1.29 is 4.79 Å². The number of thiophene rings is 3. The number of benzene rings is 1. The number of fused-ring (bicyclic) bond motifs is 1. The highest BCUT2D eigenvalue weighted by Gasteiger charge is 2.21. The molecule has 4 heterocycles. The highest BCUT2D eigenvalue weighted by Crippen LogP contribution is 2.47. The number of thiazole rings is 1. The van der Waals surface area contributed by atoms with E-state index in [0.29, 0.717) is 0 Å². The van der Waals surface area contributed by atoms with Crippen molar-refractivity contribution in [3.8, 4) is 30.1 Å². The molecule has 3 nitrogen and oxygen atoms in total. The van der Waals surface area contributed by atoms with Crippen LogP contribution in [0.3, 0.4) is 0 Å². The standard InChI is InChI=1S/C31H34N2OS5/c1-5-8-9-19(6-2)16-20-10-13-25(36-20)28-29-27(17-22(30(28)35)33(4)7-3)39-31(32-29)26-15-14-24(38-26)23-12-11-21(18-34)37-23/h10-15,17-19,35H,5-9,16H2,1-4H3. The normalized spacial score (nSPS) is 12.3. The molecule has 0 amide bonds. The smallest absolute Gasteiger partial charge is 0.160 e.